The first-order chi connectivity index (χ1) is 14.2. The summed E-state index contributed by atoms with van der Waals surface area (Å²) in [4.78, 5) is 18.4. The number of nitrogens with zero attached hydrogens (tertiary/aromatic N) is 2. The molecule has 1 aliphatic heterocycles. The second-order valence-corrected chi connectivity index (χ2v) is 7.40. The van der Waals surface area contributed by atoms with Crippen LogP contribution >= 0.6 is 0 Å². The van der Waals surface area contributed by atoms with Gasteiger partial charge in [-0.2, -0.15) is 5.10 Å². The van der Waals surface area contributed by atoms with Crippen LogP contribution in [0.3, 0.4) is 0 Å². The molecule has 6 nitrogen and oxygen atoms in total. The Morgan fingerprint density at radius 2 is 2.00 bits per heavy atom. The number of carbonyl (C=O) groups excluding carboxylic acids is 1. The van der Waals surface area contributed by atoms with Gasteiger partial charge in [0.1, 0.15) is 5.75 Å². The van der Waals surface area contributed by atoms with Gasteiger partial charge in [0.05, 0.1) is 13.2 Å². The Bertz CT molecular complexity index is 1190. The number of aromatic amines is 2. The van der Waals surface area contributed by atoms with Crippen LogP contribution < -0.4 is 4.74 Å². The lowest BCUT2D eigenvalue weighted by Crippen LogP contribution is -2.31. The number of nitrogens with one attached hydrogen (secondary N) is 2. The van der Waals surface area contributed by atoms with Gasteiger partial charge in [0.15, 0.2) is 5.69 Å². The van der Waals surface area contributed by atoms with E-state index in [1.807, 2.05) is 54.4 Å². The monoisotopic (exact) mass is 386 g/mol. The number of carbonyl (C=O) groups is 1. The second kappa shape index (κ2) is 6.81. The molecule has 0 fully saturated rings. The number of rotatable bonds is 5. The second-order valence-electron chi connectivity index (χ2n) is 7.40. The molecule has 6 heteroatoms. The Labute approximate surface area is 168 Å². The molecule has 0 radical (unpaired) electrons. The van der Waals surface area contributed by atoms with Crippen molar-refractivity contribution in [3.05, 3.63) is 82.8 Å². The quantitative estimate of drug-likeness (QED) is 0.545. The van der Waals surface area contributed by atoms with E-state index >= 15 is 0 Å². The van der Waals surface area contributed by atoms with Crippen molar-refractivity contribution in [2.24, 2.45) is 0 Å². The van der Waals surface area contributed by atoms with Crippen LogP contribution in [-0.2, 0) is 6.42 Å². The van der Waals surface area contributed by atoms with Crippen LogP contribution in [-0.4, -0.2) is 39.6 Å². The van der Waals surface area contributed by atoms with Crippen molar-refractivity contribution in [2.75, 3.05) is 13.7 Å². The summed E-state index contributed by atoms with van der Waals surface area (Å²) in [7, 11) is 1.67. The van der Waals surface area contributed by atoms with Crippen LogP contribution in [0.25, 0.3) is 10.9 Å². The van der Waals surface area contributed by atoms with Crippen LogP contribution in [0.1, 0.15) is 38.9 Å². The van der Waals surface area contributed by atoms with E-state index < -0.39 is 0 Å². The Morgan fingerprint density at radius 3 is 2.79 bits per heavy atom. The van der Waals surface area contributed by atoms with Gasteiger partial charge in [-0.3, -0.25) is 9.89 Å². The minimum absolute atomic E-state index is 0.0179. The van der Waals surface area contributed by atoms with Crippen molar-refractivity contribution in [1.29, 1.82) is 0 Å². The molecule has 3 heterocycles. The molecule has 0 spiro atoms. The average Bonchev–Trinajstić information content (AvgIpc) is 3.41. The number of aryl methyl sites for hydroxylation is 1. The van der Waals surface area contributed by atoms with Gasteiger partial charge in [-0.1, -0.05) is 30.3 Å². The number of H-pyrrole nitrogens is 2. The third kappa shape index (κ3) is 2.79. The van der Waals surface area contributed by atoms with E-state index in [0.29, 0.717) is 12.2 Å². The fourth-order valence-corrected chi connectivity index (χ4v) is 4.29. The highest BCUT2D eigenvalue weighted by atomic mass is 16.5. The van der Waals surface area contributed by atoms with E-state index in [2.05, 4.69) is 27.3 Å². The lowest BCUT2D eigenvalue weighted by molar-refractivity contribution is 0.0745. The predicted octanol–water partition coefficient (Wildman–Crippen LogP) is 4.00. The lowest BCUT2D eigenvalue weighted by Gasteiger charge is -2.26. The first-order valence-electron chi connectivity index (χ1n) is 9.72. The number of amides is 1. The highest BCUT2D eigenvalue weighted by Gasteiger charge is 2.41. The molecule has 2 aromatic heterocycles. The molecule has 1 unspecified atom stereocenters. The van der Waals surface area contributed by atoms with Crippen molar-refractivity contribution in [3.8, 4) is 5.75 Å². The number of hydrogen-bond acceptors (Lipinski definition) is 3. The molecule has 0 saturated heterocycles. The summed E-state index contributed by atoms with van der Waals surface area (Å²) >= 11 is 0. The molecule has 5 rings (SSSR count). The van der Waals surface area contributed by atoms with Crippen molar-refractivity contribution in [3.63, 3.8) is 0 Å². The smallest absolute Gasteiger partial charge is 0.275 e. The zero-order valence-corrected chi connectivity index (χ0v) is 16.4. The molecular formula is C23H22N4O2. The fourth-order valence-electron chi connectivity index (χ4n) is 4.29. The highest BCUT2D eigenvalue weighted by Crippen LogP contribution is 2.39. The number of aromatic nitrogens is 3. The molecule has 4 aromatic rings. The third-order valence-electron chi connectivity index (χ3n) is 5.76. The minimum Gasteiger partial charge on any atom is -0.497 e. The van der Waals surface area contributed by atoms with E-state index in [4.69, 9.17) is 4.74 Å². The molecule has 2 aromatic carbocycles. The molecular weight excluding hydrogens is 364 g/mol. The molecule has 1 aliphatic rings. The van der Waals surface area contributed by atoms with E-state index in [9.17, 15) is 4.79 Å². The van der Waals surface area contributed by atoms with Crippen molar-refractivity contribution >= 4 is 16.8 Å². The van der Waals surface area contributed by atoms with Gasteiger partial charge < -0.3 is 14.6 Å². The lowest BCUT2D eigenvalue weighted by atomic mass is 9.99. The molecule has 0 saturated carbocycles. The Balaban J connectivity index is 1.48. The highest BCUT2D eigenvalue weighted by molar-refractivity contribution is 5.98. The molecule has 0 aliphatic carbocycles. The summed E-state index contributed by atoms with van der Waals surface area (Å²) in [5, 5.41) is 8.39. The number of hydrogen-bond donors (Lipinski definition) is 2. The molecule has 2 N–H and O–H groups in total. The van der Waals surface area contributed by atoms with Gasteiger partial charge in [-0.05, 0) is 42.7 Å². The zero-order valence-electron chi connectivity index (χ0n) is 16.4. The summed E-state index contributed by atoms with van der Waals surface area (Å²) < 4.78 is 5.37. The Kier molecular flexibility index (Phi) is 4.12. The van der Waals surface area contributed by atoms with Crippen LogP contribution in [0.5, 0.6) is 5.75 Å². The van der Waals surface area contributed by atoms with Crippen LogP contribution in [0.2, 0.25) is 0 Å². The van der Waals surface area contributed by atoms with Gasteiger partial charge in [-0.15, -0.1) is 0 Å². The zero-order chi connectivity index (χ0) is 20.0. The van der Waals surface area contributed by atoms with E-state index in [1.54, 1.807) is 7.11 Å². The summed E-state index contributed by atoms with van der Waals surface area (Å²) in [5.41, 5.74) is 5.81. The normalized spacial score (nSPS) is 15.9. The summed E-state index contributed by atoms with van der Waals surface area (Å²) in [6.45, 7) is 2.59. The van der Waals surface area contributed by atoms with E-state index in [-0.39, 0.29) is 11.9 Å². The first kappa shape index (κ1) is 17.6. The molecule has 1 atom stereocenters. The number of benzene rings is 2. The van der Waals surface area contributed by atoms with Gasteiger partial charge in [-0.25, -0.2) is 0 Å². The largest absolute Gasteiger partial charge is 0.497 e. The molecule has 1 amide bonds. The third-order valence-corrected chi connectivity index (χ3v) is 5.76. The Morgan fingerprint density at radius 1 is 1.17 bits per heavy atom. The molecule has 0 bridgehead atoms. The first-order valence-corrected chi connectivity index (χ1v) is 9.72. The van der Waals surface area contributed by atoms with Crippen LogP contribution in [0, 0.1) is 6.92 Å². The maximum atomic E-state index is 13.1. The predicted molar refractivity (Wildman–Crippen MR) is 111 cm³/mol. The number of fused-ring (bicyclic) bond motifs is 2. The summed E-state index contributed by atoms with van der Waals surface area (Å²) in [6, 6.07) is 16.0. The fraction of sp³-hybridized carbons (Fsp3) is 0.217. The van der Waals surface area contributed by atoms with Gasteiger partial charge in [0.2, 0.25) is 0 Å². The molecule has 146 valence electrons. The van der Waals surface area contributed by atoms with Crippen LogP contribution in [0.15, 0.2) is 54.7 Å². The number of methoxy groups -OCH3 is 1. The van der Waals surface area contributed by atoms with Crippen molar-refractivity contribution in [2.45, 2.75) is 19.4 Å². The number of ether oxygens (including phenoxy) is 1. The molecule has 29 heavy (non-hydrogen) atoms. The standard InChI is InChI=1S/C23H22N4O2/c1-14-20-21(26-25-14)23(28)27(22(20)15-6-4-3-5-7-15)11-10-16-13-24-19-9-8-17(29-2)12-18(16)19/h3-9,12-13,22,24H,10-11H2,1-2H3,(H,25,26). The van der Waals surface area contributed by atoms with Crippen molar-refractivity contribution < 1.29 is 9.53 Å². The maximum Gasteiger partial charge on any atom is 0.275 e. The average molecular weight is 386 g/mol. The summed E-state index contributed by atoms with van der Waals surface area (Å²) in [6.07, 6.45) is 2.77. The SMILES string of the molecule is COc1ccc2[nH]cc(CCN3C(=O)c4n[nH]c(C)c4C3c3ccccc3)c2c1. The van der Waals surface area contributed by atoms with Gasteiger partial charge >= 0.3 is 0 Å². The van der Waals surface area contributed by atoms with Gasteiger partial charge in [0.25, 0.3) is 5.91 Å². The Hall–Kier alpha value is -3.54. The topological polar surface area (TPSA) is 74.0 Å². The minimum atomic E-state index is -0.114. The van der Waals surface area contributed by atoms with E-state index in [1.165, 1.54) is 5.56 Å². The van der Waals surface area contributed by atoms with E-state index in [0.717, 1.165) is 39.9 Å². The van der Waals surface area contributed by atoms with Gasteiger partial charge in [0, 0.05) is 34.9 Å². The summed E-state index contributed by atoms with van der Waals surface area (Å²) in [5.74, 6) is 0.809. The maximum absolute atomic E-state index is 13.1. The van der Waals surface area contributed by atoms with Crippen LogP contribution in [0.4, 0.5) is 0 Å². The van der Waals surface area contributed by atoms with Crippen molar-refractivity contribution in [1.82, 2.24) is 20.1 Å².